The first-order valence-electron chi connectivity index (χ1n) is 10.3. The van der Waals surface area contributed by atoms with Crippen molar-refractivity contribution in [3.63, 3.8) is 0 Å². The van der Waals surface area contributed by atoms with Crippen LogP contribution in [0.25, 0.3) is 16.6 Å². The smallest absolute Gasteiger partial charge is 0.266 e. The molecule has 1 aromatic heterocycles. The van der Waals surface area contributed by atoms with Gasteiger partial charge in [-0.25, -0.2) is 18.5 Å². The van der Waals surface area contributed by atoms with Crippen molar-refractivity contribution < 1.29 is 13.2 Å². The van der Waals surface area contributed by atoms with E-state index in [0.29, 0.717) is 21.7 Å². The van der Waals surface area contributed by atoms with Gasteiger partial charge in [-0.2, -0.15) is 0 Å². The van der Waals surface area contributed by atoms with Crippen LogP contribution in [0, 0.1) is 13.8 Å². The Morgan fingerprint density at radius 3 is 2.29 bits per heavy atom. The zero-order valence-electron chi connectivity index (χ0n) is 18.5. The molecular formula is C24H22N4O4S2. The first-order valence-corrected chi connectivity index (χ1v) is 12.8. The van der Waals surface area contributed by atoms with E-state index < -0.39 is 10.0 Å². The number of nitrogens with two attached hydrogens (primary N) is 1. The van der Waals surface area contributed by atoms with E-state index in [9.17, 15) is 18.0 Å². The lowest BCUT2D eigenvalue weighted by Crippen LogP contribution is -2.24. The summed E-state index contributed by atoms with van der Waals surface area (Å²) < 4.78 is 24.4. The number of hydrogen-bond donors (Lipinski definition) is 2. The van der Waals surface area contributed by atoms with Crippen molar-refractivity contribution in [2.75, 3.05) is 11.1 Å². The lowest BCUT2D eigenvalue weighted by Gasteiger charge is -2.17. The predicted molar refractivity (Wildman–Crippen MR) is 134 cm³/mol. The lowest BCUT2D eigenvalue weighted by molar-refractivity contribution is -0.113. The van der Waals surface area contributed by atoms with Gasteiger partial charge in [0, 0.05) is 5.69 Å². The fourth-order valence-corrected chi connectivity index (χ4v) is 4.93. The largest absolute Gasteiger partial charge is 0.325 e. The fraction of sp³-hybridized carbons (Fsp3) is 0.125. The van der Waals surface area contributed by atoms with Gasteiger partial charge in [-0.1, -0.05) is 42.1 Å². The summed E-state index contributed by atoms with van der Waals surface area (Å²) in [4.78, 5) is 30.7. The molecule has 34 heavy (non-hydrogen) atoms. The van der Waals surface area contributed by atoms with E-state index in [1.165, 1.54) is 24.3 Å². The highest BCUT2D eigenvalue weighted by molar-refractivity contribution is 7.99. The number of nitrogens with zero attached hydrogens (tertiary/aromatic N) is 2. The van der Waals surface area contributed by atoms with Crippen LogP contribution < -0.4 is 16.0 Å². The second kappa shape index (κ2) is 9.41. The number of primary sulfonamides is 1. The van der Waals surface area contributed by atoms with Gasteiger partial charge in [0.1, 0.15) is 0 Å². The molecule has 4 aromatic rings. The molecule has 0 radical (unpaired) electrons. The average Bonchev–Trinajstić information content (AvgIpc) is 2.79. The van der Waals surface area contributed by atoms with Crippen molar-refractivity contribution in [2.24, 2.45) is 5.14 Å². The number of benzene rings is 3. The Bertz CT molecular complexity index is 1540. The summed E-state index contributed by atoms with van der Waals surface area (Å²) in [6.07, 6.45) is 0. The Morgan fingerprint density at radius 1 is 1.00 bits per heavy atom. The van der Waals surface area contributed by atoms with Crippen molar-refractivity contribution >= 4 is 44.3 Å². The summed E-state index contributed by atoms with van der Waals surface area (Å²) in [5.74, 6) is -0.337. The molecule has 4 rings (SSSR count). The SMILES string of the molecule is Cc1cccc(C)c1-n1c(SCC(=O)Nc2ccc(S(N)(=O)=O)cc2)nc2ccccc2c1=O. The molecule has 1 heterocycles. The number of carbonyl (C=O) groups excluding carboxylic acids is 1. The quantitative estimate of drug-likeness (QED) is 0.313. The van der Waals surface area contributed by atoms with E-state index in [1.54, 1.807) is 22.8 Å². The number of aromatic nitrogens is 2. The third-order valence-corrected chi connectivity index (χ3v) is 7.07. The number of sulfonamides is 1. The molecule has 0 bridgehead atoms. The van der Waals surface area contributed by atoms with Gasteiger partial charge in [0.2, 0.25) is 15.9 Å². The van der Waals surface area contributed by atoms with E-state index in [4.69, 9.17) is 5.14 Å². The van der Waals surface area contributed by atoms with Gasteiger partial charge in [0.05, 0.1) is 27.2 Å². The van der Waals surface area contributed by atoms with Crippen molar-refractivity contribution in [3.8, 4) is 5.69 Å². The number of carbonyl (C=O) groups is 1. The molecule has 0 saturated heterocycles. The van der Waals surface area contributed by atoms with Gasteiger partial charge in [0.25, 0.3) is 5.56 Å². The Balaban J connectivity index is 1.65. The number of nitrogens with one attached hydrogen (secondary N) is 1. The molecule has 174 valence electrons. The summed E-state index contributed by atoms with van der Waals surface area (Å²) in [6.45, 7) is 3.85. The molecule has 0 aliphatic rings. The number of aryl methyl sites for hydroxylation is 2. The second-order valence-electron chi connectivity index (χ2n) is 7.70. The summed E-state index contributed by atoms with van der Waals surface area (Å²) in [6, 6.07) is 18.5. The van der Waals surface area contributed by atoms with Gasteiger partial charge in [0.15, 0.2) is 5.16 Å². The standard InChI is InChI=1S/C24H22N4O4S2/c1-15-6-5-7-16(2)22(15)28-23(30)19-8-3-4-9-20(19)27-24(28)33-14-21(29)26-17-10-12-18(13-11-17)34(25,31)32/h3-13H,14H2,1-2H3,(H,26,29)(H2,25,31,32). The number of hydrogen-bond acceptors (Lipinski definition) is 6. The number of fused-ring (bicyclic) bond motifs is 1. The van der Waals surface area contributed by atoms with Gasteiger partial charge >= 0.3 is 0 Å². The maximum absolute atomic E-state index is 13.5. The second-order valence-corrected chi connectivity index (χ2v) is 10.2. The minimum absolute atomic E-state index is 0.00729. The Morgan fingerprint density at radius 2 is 1.65 bits per heavy atom. The summed E-state index contributed by atoms with van der Waals surface area (Å²) in [5.41, 5.74) is 3.35. The molecule has 0 aliphatic carbocycles. The van der Waals surface area contributed by atoms with Crippen LogP contribution >= 0.6 is 11.8 Å². The number of rotatable bonds is 6. The molecule has 0 saturated carbocycles. The minimum atomic E-state index is -3.81. The molecule has 1 amide bonds. The molecule has 0 aliphatic heterocycles. The molecule has 10 heteroatoms. The van der Waals surface area contributed by atoms with Crippen molar-refractivity contribution in [3.05, 3.63) is 88.2 Å². The van der Waals surface area contributed by atoms with Crippen LogP contribution in [0.2, 0.25) is 0 Å². The molecule has 0 unspecified atom stereocenters. The van der Waals surface area contributed by atoms with Crippen LogP contribution in [0.1, 0.15) is 11.1 Å². The summed E-state index contributed by atoms with van der Waals surface area (Å²) >= 11 is 1.15. The van der Waals surface area contributed by atoms with E-state index in [0.717, 1.165) is 28.6 Å². The zero-order valence-corrected chi connectivity index (χ0v) is 20.1. The molecule has 0 atom stereocenters. The molecular weight excluding hydrogens is 472 g/mol. The van der Waals surface area contributed by atoms with Crippen molar-refractivity contribution in [2.45, 2.75) is 23.9 Å². The van der Waals surface area contributed by atoms with Crippen LogP contribution in [-0.2, 0) is 14.8 Å². The first-order chi connectivity index (χ1) is 16.1. The van der Waals surface area contributed by atoms with E-state index in [2.05, 4.69) is 10.3 Å². The lowest BCUT2D eigenvalue weighted by atomic mass is 10.1. The van der Waals surface area contributed by atoms with Crippen LogP contribution in [0.5, 0.6) is 0 Å². The Hall–Kier alpha value is -3.47. The number of thioether (sulfide) groups is 1. The average molecular weight is 495 g/mol. The van der Waals surface area contributed by atoms with Gasteiger partial charge < -0.3 is 5.32 Å². The van der Waals surface area contributed by atoms with Crippen molar-refractivity contribution in [1.82, 2.24) is 9.55 Å². The normalized spacial score (nSPS) is 11.5. The van der Waals surface area contributed by atoms with Gasteiger partial charge in [-0.15, -0.1) is 0 Å². The summed E-state index contributed by atoms with van der Waals surface area (Å²) in [7, 11) is -3.81. The van der Waals surface area contributed by atoms with Crippen LogP contribution in [0.15, 0.2) is 81.6 Å². The highest BCUT2D eigenvalue weighted by Gasteiger charge is 2.17. The van der Waals surface area contributed by atoms with Crippen LogP contribution in [-0.4, -0.2) is 29.6 Å². The Kier molecular flexibility index (Phi) is 6.56. The zero-order chi connectivity index (χ0) is 24.5. The Labute approximate surface area is 200 Å². The predicted octanol–water partition coefficient (Wildman–Crippen LogP) is 3.38. The number of para-hydroxylation sites is 2. The molecule has 0 spiro atoms. The monoisotopic (exact) mass is 494 g/mol. The number of amides is 1. The minimum Gasteiger partial charge on any atom is -0.325 e. The molecule has 3 aromatic carbocycles. The van der Waals surface area contributed by atoms with Crippen LogP contribution in [0.3, 0.4) is 0 Å². The first kappa shape index (κ1) is 23.7. The van der Waals surface area contributed by atoms with Crippen LogP contribution in [0.4, 0.5) is 5.69 Å². The topological polar surface area (TPSA) is 124 Å². The highest BCUT2D eigenvalue weighted by atomic mass is 32.2. The molecule has 3 N–H and O–H groups in total. The fourth-order valence-electron chi connectivity index (χ4n) is 3.62. The molecule has 0 fully saturated rings. The highest BCUT2D eigenvalue weighted by Crippen LogP contribution is 2.25. The summed E-state index contributed by atoms with van der Waals surface area (Å²) in [5, 5.41) is 8.71. The molecule has 8 nitrogen and oxygen atoms in total. The third kappa shape index (κ3) is 4.89. The maximum atomic E-state index is 13.5. The van der Waals surface area contributed by atoms with E-state index >= 15 is 0 Å². The van der Waals surface area contributed by atoms with Crippen molar-refractivity contribution in [1.29, 1.82) is 0 Å². The maximum Gasteiger partial charge on any atom is 0.266 e. The van der Waals surface area contributed by atoms with Gasteiger partial charge in [-0.05, 0) is 61.4 Å². The number of anilines is 1. The van der Waals surface area contributed by atoms with E-state index in [1.807, 2.05) is 38.1 Å². The third-order valence-electron chi connectivity index (χ3n) is 5.21. The van der Waals surface area contributed by atoms with E-state index in [-0.39, 0.29) is 22.1 Å². The van der Waals surface area contributed by atoms with Gasteiger partial charge in [-0.3, -0.25) is 14.2 Å².